The molecule has 4 N–H and O–H groups in total. The lowest BCUT2D eigenvalue weighted by Crippen LogP contribution is -2.37. The Hall–Kier alpha value is -7.84. The topological polar surface area (TPSA) is 118 Å². The van der Waals surface area contributed by atoms with E-state index in [-0.39, 0.29) is 22.4 Å². The van der Waals surface area contributed by atoms with E-state index in [9.17, 15) is 20.4 Å². The second kappa shape index (κ2) is 57.3. The molecule has 0 saturated carbocycles. The normalized spacial score (nSPS) is 18.7. The minimum absolute atomic E-state index is 0.126. The van der Waals surface area contributed by atoms with Crippen LogP contribution in [0.5, 0.6) is 46.0 Å². The summed E-state index contributed by atoms with van der Waals surface area (Å²) in [6.07, 6.45) is 71.9. The van der Waals surface area contributed by atoms with Gasteiger partial charge in [-0.05, 0) is 451 Å². The van der Waals surface area contributed by atoms with Crippen LogP contribution in [0.4, 0.5) is 0 Å². The van der Waals surface area contributed by atoms with Gasteiger partial charge in [-0.1, -0.05) is 201 Å². The van der Waals surface area contributed by atoms with E-state index < -0.39 is 0 Å². The van der Waals surface area contributed by atoms with Crippen molar-refractivity contribution in [3.05, 3.63) is 229 Å². The molecule has 4 heterocycles. The Labute approximate surface area is 809 Å². The van der Waals surface area contributed by atoms with Crippen LogP contribution in [0, 0.1) is 34.6 Å². The van der Waals surface area contributed by atoms with Gasteiger partial charge in [0.15, 0.2) is 0 Å². The van der Waals surface area contributed by atoms with Crippen molar-refractivity contribution in [3.63, 3.8) is 0 Å². The smallest absolute Gasteiger partial charge is 0.127 e. The van der Waals surface area contributed by atoms with Gasteiger partial charge in [-0.15, -0.1) is 0 Å². The maximum Gasteiger partial charge on any atom is 0.127 e. The first kappa shape index (κ1) is 115. The van der Waals surface area contributed by atoms with Crippen molar-refractivity contribution in [1.29, 1.82) is 0 Å². The Morgan fingerprint density at radius 3 is 0.864 bits per heavy atom. The second-order valence-electron chi connectivity index (χ2n) is 42.4. The number of hydrogen-bond donors (Lipinski definition) is 4. The zero-order valence-electron chi connectivity index (χ0n) is 90.4. The molecule has 4 aromatic carbocycles. The molecular formula is C124H192O8. The van der Waals surface area contributed by atoms with E-state index in [0.29, 0.717) is 23.0 Å². The Morgan fingerprint density at radius 2 is 0.538 bits per heavy atom. The lowest BCUT2D eigenvalue weighted by atomic mass is 9.82. The van der Waals surface area contributed by atoms with Gasteiger partial charge in [-0.25, -0.2) is 0 Å². The molecule has 0 amide bonds. The van der Waals surface area contributed by atoms with E-state index in [1.807, 2.05) is 33.8 Å². The standard InChI is InChI=1S/C35H56O2.C32H50O2.C29H44O2.C28H42O2/c1-9-15-29-31(17-11-3)34-32(30(16-10-2)33(29)36)23-25-35(8,37-34)24-14-22-28(7)21-13-20-27(6)19-12-18-26(4)5;1-9-26-28(11-3)31-29(27(10-2)30(26)33)20-22-32(8,34-31)21-14-19-25(7)18-13-17-24(6)16-12-15-23(4)5;1-20(2)12-9-13-21(3)14-10-15-22(4)16-11-18-29(8)19-17-26-25(7)27(30)23(5)24(6)28(26)31-29;1-20(2)11-8-12-21(3)13-9-14-22(4)15-10-17-28(7)18-16-25-24(6)26(29)19-23(5)27(25)30-28/h18,20,22,36H,9-17,19,21,23-25H2,1-8H3;15,17,19,33H,9-14,16,18,20-22H2,1-8H3;12,14,16,30H,9-11,13,15,17-19H2,1-8H3;11,13,15,19,29H,8-10,12,14,16-18H2,1-7H3/b27-20+,28-22+;24-17+,25-19+;21-14+,22-16+;21-13+,22-15+. The summed E-state index contributed by atoms with van der Waals surface area (Å²) >= 11 is 0. The highest BCUT2D eigenvalue weighted by Gasteiger charge is 2.39. The Bertz CT molecular complexity index is 4720. The van der Waals surface area contributed by atoms with Gasteiger partial charge in [-0.2, -0.15) is 0 Å². The molecule has 8 nitrogen and oxygen atoms in total. The van der Waals surface area contributed by atoms with Crippen LogP contribution in [-0.4, -0.2) is 42.8 Å². The van der Waals surface area contributed by atoms with Crippen molar-refractivity contribution < 1.29 is 39.4 Å². The highest BCUT2D eigenvalue weighted by atomic mass is 16.5. The van der Waals surface area contributed by atoms with Crippen molar-refractivity contribution in [2.45, 2.75) is 500 Å². The molecule has 0 bridgehead atoms. The third-order valence-corrected chi connectivity index (χ3v) is 28.6. The van der Waals surface area contributed by atoms with Crippen LogP contribution in [0.1, 0.15) is 463 Å². The zero-order valence-corrected chi connectivity index (χ0v) is 90.4. The first-order valence-electron chi connectivity index (χ1n) is 52.4. The van der Waals surface area contributed by atoms with Crippen molar-refractivity contribution in [2.75, 3.05) is 0 Å². The average molecular weight is 1810 g/mol. The van der Waals surface area contributed by atoms with Crippen molar-refractivity contribution >= 4 is 0 Å². The van der Waals surface area contributed by atoms with E-state index in [4.69, 9.17) is 18.9 Å². The summed E-state index contributed by atoms with van der Waals surface area (Å²) in [5.41, 5.74) is 34.0. The molecule has 4 aromatic rings. The number of fused-ring (bicyclic) bond motifs is 4. The summed E-state index contributed by atoms with van der Waals surface area (Å²) in [5.74, 6) is 6.11. The van der Waals surface area contributed by atoms with E-state index >= 15 is 0 Å². The number of benzene rings is 4. The molecule has 0 saturated heterocycles. The zero-order chi connectivity index (χ0) is 98.2. The van der Waals surface area contributed by atoms with E-state index in [1.54, 1.807) is 0 Å². The number of allylic oxidation sites excluding steroid dienone is 24. The third-order valence-electron chi connectivity index (χ3n) is 28.6. The van der Waals surface area contributed by atoms with Crippen LogP contribution >= 0.6 is 0 Å². The lowest BCUT2D eigenvalue weighted by Gasteiger charge is -2.39. The van der Waals surface area contributed by atoms with Gasteiger partial charge in [0.25, 0.3) is 0 Å². The summed E-state index contributed by atoms with van der Waals surface area (Å²) in [7, 11) is 0. The van der Waals surface area contributed by atoms with Crippen LogP contribution in [0.2, 0.25) is 0 Å². The summed E-state index contributed by atoms with van der Waals surface area (Å²) in [4.78, 5) is 0. The van der Waals surface area contributed by atoms with Gasteiger partial charge in [0.05, 0.1) is 0 Å². The Morgan fingerprint density at radius 1 is 0.273 bits per heavy atom. The lowest BCUT2D eigenvalue weighted by molar-refractivity contribution is 0.0550. The average Bonchev–Trinajstić information content (AvgIpc) is 0.751. The monoisotopic (exact) mass is 1810 g/mol. The number of phenols is 4. The number of ether oxygens (including phenoxy) is 4. The molecule has 0 radical (unpaired) electrons. The predicted molar refractivity (Wildman–Crippen MR) is 574 cm³/mol. The fraction of sp³-hybridized carbons (Fsp3) is 0.613. The van der Waals surface area contributed by atoms with E-state index in [0.717, 1.165) is 311 Å². The van der Waals surface area contributed by atoms with E-state index in [2.05, 4.69) is 260 Å². The molecule has 8 rings (SSSR count). The van der Waals surface area contributed by atoms with Crippen LogP contribution < -0.4 is 18.9 Å². The molecule has 4 unspecified atom stereocenters. The van der Waals surface area contributed by atoms with Gasteiger partial charge in [0.2, 0.25) is 0 Å². The van der Waals surface area contributed by atoms with Gasteiger partial charge in [0, 0.05) is 55.6 Å². The SMILES string of the molecule is CC(C)=CCC/C(C)=C/CC/C(C)=C/CCC1(C)CCc2c(C)c(O)c(C)c(C)c2O1.CC(C)=CCC/C(C)=C/CC/C(C)=C/CCC1(C)CCc2c(C)c(O)cc(C)c2O1.CCCc1c(O)c(CCC)c2c(c1CCC)OC(C)(CC/C=C(\C)CC/C=C(\C)CCC=C(C)C)CC2.CCc1c(O)c(CC)c2c(c1CC)OC(C)(CC/C=C(\C)CC/C=C(\C)CCC=C(C)C)CC2. The number of rotatable bonds is 45. The summed E-state index contributed by atoms with van der Waals surface area (Å²) in [6.45, 7) is 67.7. The van der Waals surface area contributed by atoms with Crippen LogP contribution in [0.15, 0.2) is 146 Å². The first-order chi connectivity index (χ1) is 62.4. The molecule has 4 aliphatic rings. The molecule has 0 spiro atoms. The molecule has 4 atom stereocenters. The molecule has 132 heavy (non-hydrogen) atoms. The molecule has 4 aliphatic heterocycles. The number of phenolic OH excluding ortho intramolecular Hbond substituents is 4. The second-order valence-corrected chi connectivity index (χ2v) is 42.4. The van der Waals surface area contributed by atoms with Crippen LogP contribution in [0.25, 0.3) is 0 Å². The number of aromatic hydroxyl groups is 4. The highest BCUT2D eigenvalue weighted by molar-refractivity contribution is 5.62. The molecule has 0 aliphatic carbocycles. The number of hydrogen-bond acceptors (Lipinski definition) is 8. The molecular weight excluding hydrogens is 1620 g/mol. The fourth-order valence-corrected chi connectivity index (χ4v) is 19.6. The molecule has 0 aromatic heterocycles. The van der Waals surface area contributed by atoms with Gasteiger partial charge in [-0.3, -0.25) is 0 Å². The maximum absolute atomic E-state index is 11.2. The quantitative estimate of drug-likeness (QED) is 0.0323. The minimum Gasteiger partial charge on any atom is -0.508 e. The van der Waals surface area contributed by atoms with Crippen LogP contribution in [0.3, 0.4) is 0 Å². The predicted octanol–water partition coefficient (Wildman–Crippen LogP) is 36.8. The van der Waals surface area contributed by atoms with Gasteiger partial charge >= 0.3 is 0 Å². The van der Waals surface area contributed by atoms with Gasteiger partial charge in [0.1, 0.15) is 68.4 Å². The summed E-state index contributed by atoms with van der Waals surface area (Å²) in [6, 6.07) is 1.83. The van der Waals surface area contributed by atoms with Crippen molar-refractivity contribution in [1.82, 2.24) is 0 Å². The third kappa shape index (κ3) is 37.3. The number of aryl methyl sites for hydroxylation is 1. The summed E-state index contributed by atoms with van der Waals surface area (Å²) in [5, 5.41) is 42.6. The van der Waals surface area contributed by atoms with Crippen molar-refractivity contribution in [2.24, 2.45) is 0 Å². The molecule has 736 valence electrons. The molecule has 8 heteroatoms. The fourth-order valence-electron chi connectivity index (χ4n) is 19.6. The van der Waals surface area contributed by atoms with Crippen molar-refractivity contribution in [3.8, 4) is 46.0 Å². The highest BCUT2D eigenvalue weighted by Crippen LogP contribution is 2.51. The van der Waals surface area contributed by atoms with E-state index in [1.165, 1.54) is 126 Å². The maximum atomic E-state index is 11.2. The largest absolute Gasteiger partial charge is 0.508 e. The Kier molecular flexibility index (Phi) is 49.7. The molecule has 0 fully saturated rings. The first-order valence-corrected chi connectivity index (χ1v) is 52.4. The van der Waals surface area contributed by atoms with Gasteiger partial charge < -0.3 is 39.4 Å². The van der Waals surface area contributed by atoms with Crippen LogP contribution in [-0.2, 0) is 64.2 Å². The minimum atomic E-state index is -0.141. The Balaban J connectivity index is 0.000000312. The summed E-state index contributed by atoms with van der Waals surface area (Å²) < 4.78 is 26.7.